The van der Waals surface area contributed by atoms with Gasteiger partial charge in [-0.15, -0.1) is 11.3 Å². The van der Waals surface area contributed by atoms with E-state index in [0.29, 0.717) is 23.9 Å². The lowest BCUT2D eigenvalue weighted by Gasteiger charge is -2.04. The van der Waals surface area contributed by atoms with Crippen molar-refractivity contribution in [3.8, 4) is 0 Å². The first-order chi connectivity index (χ1) is 11.0. The van der Waals surface area contributed by atoms with Crippen LogP contribution in [0.25, 0.3) is 5.65 Å². The molecule has 3 rings (SSSR count). The quantitative estimate of drug-likeness (QED) is 0.775. The van der Waals surface area contributed by atoms with Crippen molar-refractivity contribution < 1.29 is 4.79 Å². The van der Waals surface area contributed by atoms with Crippen LogP contribution in [0, 0.1) is 6.92 Å². The van der Waals surface area contributed by atoms with Crippen LogP contribution in [0.4, 0.5) is 5.13 Å². The molecule has 1 N–H and O–H groups in total. The average Bonchev–Trinajstić information content (AvgIpc) is 3.09. The molecule has 0 saturated heterocycles. The van der Waals surface area contributed by atoms with Crippen molar-refractivity contribution in [1.29, 1.82) is 0 Å². The number of amides is 1. The fourth-order valence-corrected chi connectivity index (χ4v) is 3.38. The molecule has 3 aromatic rings. The summed E-state index contributed by atoms with van der Waals surface area (Å²) in [6.45, 7) is 6.16. The van der Waals surface area contributed by atoms with Crippen molar-refractivity contribution in [1.82, 2.24) is 14.4 Å². The second-order valence-corrected chi connectivity index (χ2v) is 6.71. The Balaban J connectivity index is 1.65. The van der Waals surface area contributed by atoms with Gasteiger partial charge in [0.05, 0.1) is 11.4 Å². The fraction of sp³-hybridized carbons (Fsp3) is 0.353. The summed E-state index contributed by atoms with van der Waals surface area (Å²) in [5.41, 5.74) is 3.99. The topological polar surface area (TPSA) is 59.3 Å². The highest BCUT2D eigenvalue weighted by Gasteiger charge is 2.12. The molecule has 3 aromatic heterocycles. The Morgan fingerprint density at radius 1 is 1.35 bits per heavy atom. The van der Waals surface area contributed by atoms with Crippen LogP contribution in [-0.4, -0.2) is 20.3 Å². The average molecular weight is 328 g/mol. The molecule has 23 heavy (non-hydrogen) atoms. The maximum atomic E-state index is 12.2. The third-order valence-corrected chi connectivity index (χ3v) is 4.55. The van der Waals surface area contributed by atoms with Crippen LogP contribution in [0.3, 0.4) is 0 Å². The van der Waals surface area contributed by atoms with Crippen LogP contribution in [0.5, 0.6) is 0 Å². The maximum absolute atomic E-state index is 12.2. The summed E-state index contributed by atoms with van der Waals surface area (Å²) < 4.78 is 2.04. The number of carbonyl (C=O) groups excluding carboxylic acids is 1. The van der Waals surface area contributed by atoms with Gasteiger partial charge in [-0.3, -0.25) is 4.79 Å². The van der Waals surface area contributed by atoms with E-state index in [1.165, 1.54) is 11.3 Å². The first kappa shape index (κ1) is 15.7. The van der Waals surface area contributed by atoms with E-state index in [1.54, 1.807) is 0 Å². The van der Waals surface area contributed by atoms with E-state index in [1.807, 2.05) is 41.1 Å². The minimum absolute atomic E-state index is 0.0139. The highest BCUT2D eigenvalue weighted by molar-refractivity contribution is 7.13. The van der Waals surface area contributed by atoms with Crippen molar-refractivity contribution in [3.05, 3.63) is 46.9 Å². The number of pyridine rings is 1. The number of imidazole rings is 1. The van der Waals surface area contributed by atoms with E-state index in [9.17, 15) is 4.79 Å². The van der Waals surface area contributed by atoms with Gasteiger partial charge in [-0.2, -0.15) is 0 Å². The molecule has 1 amide bonds. The Morgan fingerprint density at radius 2 is 2.17 bits per heavy atom. The predicted molar refractivity (Wildman–Crippen MR) is 93.1 cm³/mol. The van der Waals surface area contributed by atoms with E-state index in [0.717, 1.165) is 22.7 Å². The standard InChI is InChI=1S/C17H20N4OS/c1-11(2)13-10-23-17(19-13)20-16(22)8-7-14-12(3)18-15-6-4-5-9-21(14)15/h4-6,9-11H,7-8H2,1-3H3,(H,19,20,22). The number of carbonyl (C=O) groups is 1. The summed E-state index contributed by atoms with van der Waals surface area (Å²) in [4.78, 5) is 21.1. The molecular weight excluding hydrogens is 308 g/mol. The number of hydrogen-bond acceptors (Lipinski definition) is 4. The maximum Gasteiger partial charge on any atom is 0.226 e. The van der Waals surface area contributed by atoms with Gasteiger partial charge in [0.15, 0.2) is 5.13 Å². The SMILES string of the molecule is Cc1nc2ccccn2c1CCC(=O)Nc1nc(C(C)C)cs1. The number of thiazole rings is 1. The first-order valence-electron chi connectivity index (χ1n) is 7.72. The summed E-state index contributed by atoms with van der Waals surface area (Å²) in [5.74, 6) is 0.359. The minimum atomic E-state index is -0.0139. The lowest BCUT2D eigenvalue weighted by Crippen LogP contribution is -2.13. The van der Waals surface area contributed by atoms with Gasteiger partial charge in [-0.05, 0) is 31.4 Å². The van der Waals surface area contributed by atoms with E-state index in [-0.39, 0.29) is 5.91 Å². The van der Waals surface area contributed by atoms with Crippen LogP contribution in [0.1, 0.15) is 43.3 Å². The molecule has 0 radical (unpaired) electrons. The molecule has 0 atom stereocenters. The number of nitrogens with one attached hydrogen (secondary N) is 1. The molecule has 5 nitrogen and oxygen atoms in total. The van der Waals surface area contributed by atoms with Crippen molar-refractivity contribution in [3.63, 3.8) is 0 Å². The van der Waals surface area contributed by atoms with Gasteiger partial charge in [0.1, 0.15) is 5.65 Å². The van der Waals surface area contributed by atoms with Gasteiger partial charge in [0.2, 0.25) is 5.91 Å². The smallest absolute Gasteiger partial charge is 0.226 e. The fourth-order valence-electron chi connectivity index (χ4n) is 2.49. The molecule has 0 aliphatic rings. The number of fused-ring (bicyclic) bond motifs is 1. The zero-order valence-electron chi connectivity index (χ0n) is 13.5. The van der Waals surface area contributed by atoms with Gasteiger partial charge >= 0.3 is 0 Å². The summed E-state index contributed by atoms with van der Waals surface area (Å²) in [6.07, 6.45) is 3.06. The monoisotopic (exact) mass is 328 g/mol. The van der Waals surface area contributed by atoms with Crippen molar-refractivity contribution in [2.45, 2.75) is 39.5 Å². The summed E-state index contributed by atoms with van der Waals surface area (Å²) >= 11 is 1.47. The number of aryl methyl sites for hydroxylation is 2. The molecule has 0 aliphatic carbocycles. The van der Waals surface area contributed by atoms with Crippen LogP contribution in [0.2, 0.25) is 0 Å². The lowest BCUT2D eigenvalue weighted by atomic mass is 10.2. The third-order valence-electron chi connectivity index (χ3n) is 3.78. The number of rotatable bonds is 5. The zero-order valence-corrected chi connectivity index (χ0v) is 14.4. The van der Waals surface area contributed by atoms with Crippen LogP contribution in [-0.2, 0) is 11.2 Å². The molecule has 0 bridgehead atoms. The van der Waals surface area contributed by atoms with Crippen LogP contribution in [0.15, 0.2) is 29.8 Å². The Kier molecular flexibility index (Phi) is 4.43. The highest BCUT2D eigenvalue weighted by atomic mass is 32.1. The Labute approximate surface area is 139 Å². The Bertz CT molecular complexity index is 834. The van der Waals surface area contributed by atoms with Gasteiger partial charge in [0.25, 0.3) is 0 Å². The molecule has 0 aromatic carbocycles. The summed E-state index contributed by atoms with van der Waals surface area (Å²) in [5, 5.41) is 5.56. The summed E-state index contributed by atoms with van der Waals surface area (Å²) in [6, 6.07) is 5.91. The van der Waals surface area contributed by atoms with Crippen LogP contribution >= 0.6 is 11.3 Å². The molecule has 0 spiro atoms. The number of anilines is 1. The number of nitrogens with zero attached hydrogens (tertiary/aromatic N) is 3. The van der Waals surface area contributed by atoms with E-state index < -0.39 is 0 Å². The molecule has 6 heteroatoms. The van der Waals surface area contributed by atoms with Crippen molar-refractivity contribution in [2.75, 3.05) is 5.32 Å². The predicted octanol–water partition coefficient (Wildman–Crippen LogP) is 3.79. The van der Waals surface area contributed by atoms with Gasteiger partial charge in [-0.1, -0.05) is 19.9 Å². The summed E-state index contributed by atoms with van der Waals surface area (Å²) in [7, 11) is 0. The molecule has 0 aliphatic heterocycles. The number of aromatic nitrogens is 3. The van der Waals surface area contributed by atoms with Gasteiger partial charge in [0, 0.05) is 23.7 Å². The van der Waals surface area contributed by atoms with E-state index in [2.05, 4.69) is 29.1 Å². The molecule has 0 saturated carbocycles. The number of hydrogen-bond donors (Lipinski definition) is 1. The van der Waals surface area contributed by atoms with Gasteiger partial charge < -0.3 is 9.72 Å². The van der Waals surface area contributed by atoms with E-state index in [4.69, 9.17) is 0 Å². The largest absolute Gasteiger partial charge is 0.304 e. The normalized spacial score (nSPS) is 11.3. The second kappa shape index (κ2) is 6.50. The zero-order chi connectivity index (χ0) is 16.4. The Hall–Kier alpha value is -2.21. The Morgan fingerprint density at radius 3 is 2.91 bits per heavy atom. The van der Waals surface area contributed by atoms with Crippen LogP contribution < -0.4 is 5.32 Å². The van der Waals surface area contributed by atoms with Gasteiger partial charge in [-0.25, -0.2) is 9.97 Å². The second-order valence-electron chi connectivity index (χ2n) is 5.85. The molecule has 0 unspecified atom stereocenters. The molecule has 0 fully saturated rings. The minimum Gasteiger partial charge on any atom is -0.304 e. The van der Waals surface area contributed by atoms with Crippen molar-refractivity contribution >= 4 is 28.0 Å². The molecule has 3 heterocycles. The highest BCUT2D eigenvalue weighted by Crippen LogP contribution is 2.21. The molecule has 120 valence electrons. The third kappa shape index (κ3) is 3.42. The first-order valence-corrected chi connectivity index (χ1v) is 8.60. The van der Waals surface area contributed by atoms with Crippen molar-refractivity contribution in [2.24, 2.45) is 0 Å². The molecular formula is C17H20N4OS. The lowest BCUT2D eigenvalue weighted by molar-refractivity contribution is -0.116. The van der Waals surface area contributed by atoms with E-state index >= 15 is 0 Å².